The second-order valence-corrected chi connectivity index (χ2v) is 5.57. The Morgan fingerprint density at radius 2 is 2.24 bits per heavy atom. The maximum atomic E-state index is 12.3. The van der Waals surface area contributed by atoms with Crippen molar-refractivity contribution in [2.45, 2.75) is 44.6 Å². The zero-order chi connectivity index (χ0) is 15.0. The Hall–Kier alpha value is -1.62. The second kappa shape index (κ2) is 7.98. The lowest BCUT2D eigenvalue weighted by Crippen LogP contribution is -2.53. The van der Waals surface area contributed by atoms with E-state index < -0.39 is 0 Å². The first-order valence-electron chi connectivity index (χ1n) is 7.95. The molecule has 5 nitrogen and oxygen atoms in total. The Bertz CT molecular complexity index is 429. The average molecular weight is 290 g/mol. The van der Waals surface area contributed by atoms with Gasteiger partial charge in [0.1, 0.15) is 5.82 Å². The van der Waals surface area contributed by atoms with Gasteiger partial charge in [0, 0.05) is 19.3 Å². The first-order chi connectivity index (χ1) is 10.3. The van der Waals surface area contributed by atoms with E-state index in [2.05, 4.69) is 27.9 Å². The summed E-state index contributed by atoms with van der Waals surface area (Å²) in [7, 11) is 0. The molecular weight excluding hydrogens is 264 g/mol. The Morgan fingerprint density at radius 3 is 2.90 bits per heavy atom. The van der Waals surface area contributed by atoms with Gasteiger partial charge in [-0.25, -0.2) is 4.98 Å². The SMILES string of the molecule is CCC1(C(=O)NCCCCNc2ccccn2)CCCN1. The van der Waals surface area contributed by atoms with Gasteiger partial charge in [-0.1, -0.05) is 13.0 Å². The summed E-state index contributed by atoms with van der Waals surface area (Å²) in [6, 6.07) is 5.83. The molecule has 1 unspecified atom stereocenters. The fourth-order valence-corrected chi connectivity index (χ4v) is 2.77. The summed E-state index contributed by atoms with van der Waals surface area (Å²) in [6.45, 7) is 4.65. The van der Waals surface area contributed by atoms with Crippen molar-refractivity contribution in [1.82, 2.24) is 15.6 Å². The van der Waals surface area contributed by atoms with Gasteiger partial charge >= 0.3 is 0 Å². The number of carbonyl (C=O) groups is 1. The highest BCUT2D eigenvalue weighted by atomic mass is 16.2. The molecule has 116 valence electrons. The van der Waals surface area contributed by atoms with Gasteiger partial charge in [0.05, 0.1) is 5.54 Å². The van der Waals surface area contributed by atoms with Crippen LogP contribution in [0.1, 0.15) is 39.0 Å². The minimum Gasteiger partial charge on any atom is -0.370 e. The van der Waals surface area contributed by atoms with E-state index >= 15 is 0 Å². The molecule has 1 atom stereocenters. The predicted molar refractivity (Wildman–Crippen MR) is 85.2 cm³/mol. The van der Waals surface area contributed by atoms with Gasteiger partial charge in [0.25, 0.3) is 0 Å². The molecule has 2 heterocycles. The van der Waals surface area contributed by atoms with Crippen LogP contribution in [0.4, 0.5) is 5.82 Å². The molecule has 21 heavy (non-hydrogen) atoms. The van der Waals surface area contributed by atoms with Gasteiger partial charge in [0.2, 0.25) is 5.91 Å². The van der Waals surface area contributed by atoms with Crippen LogP contribution in [0, 0.1) is 0 Å². The third-order valence-corrected chi connectivity index (χ3v) is 4.14. The fourth-order valence-electron chi connectivity index (χ4n) is 2.77. The van der Waals surface area contributed by atoms with Crippen LogP contribution in [0.2, 0.25) is 0 Å². The van der Waals surface area contributed by atoms with Gasteiger partial charge in [-0.3, -0.25) is 4.79 Å². The monoisotopic (exact) mass is 290 g/mol. The highest BCUT2D eigenvalue weighted by Crippen LogP contribution is 2.22. The number of hydrogen-bond donors (Lipinski definition) is 3. The number of rotatable bonds is 8. The van der Waals surface area contributed by atoms with Crippen LogP contribution in [0.5, 0.6) is 0 Å². The van der Waals surface area contributed by atoms with Crippen LogP contribution in [0.25, 0.3) is 0 Å². The Labute approximate surface area is 126 Å². The van der Waals surface area contributed by atoms with Crippen molar-refractivity contribution >= 4 is 11.7 Å². The van der Waals surface area contributed by atoms with Gasteiger partial charge in [0.15, 0.2) is 0 Å². The van der Waals surface area contributed by atoms with Crippen molar-refractivity contribution in [3.8, 4) is 0 Å². The van der Waals surface area contributed by atoms with Crippen molar-refractivity contribution < 1.29 is 4.79 Å². The lowest BCUT2D eigenvalue weighted by molar-refractivity contribution is -0.127. The van der Waals surface area contributed by atoms with Crippen molar-refractivity contribution in [3.63, 3.8) is 0 Å². The lowest BCUT2D eigenvalue weighted by atomic mass is 9.93. The molecule has 0 aliphatic carbocycles. The highest BCUT2D eigenvalue weighted by Gasteiger charge is 2.38. The van der Waals surface area contributed by atoms with E-state index in [1.807, 2.05) is 18.2 Å². The molecule has 5 heteroatoms. The van der Waals surface area contributed by atoms with Crippen LogP contribution in [-0.4, -0.2) is 36.1 Å². The molecule has 0 radical (unpaired) electrons. The number of pyridine rings is 1. The van der Waals surface area contributed by atoms with Crippen molar-refractivity contribution in [2.75, 3.05) is 25.0 Å². The maximum Gasteiger partial charge on any atom is 0.240 e. The van der Waals surface area contributed by atoms with Crippen molar-refractivity contribution in [2.24, 2.45) is 0 Å². The first kappa shape index (κ1) is 15.8. The summed E-state index contributed by atoms with van der Waals surface area (Å²) in [6.07, 6.45) is 6.68. The van der Waals surface area contributed by atoms with Gasteiger partial charge in [-0.05, 0) is 50.8 Å². The first-order valence-corrected chi connectivity index (χ1v) is 7.95. The molecular formula is C16H26N4O. The van der Waals surface area contributed by atoms with Crippen LogP contribution in [0.3, 0.4) is 0 Å². The fraction of sp³-hybridized carbons (Fsp3) is 0.625. The molecule has 0 spiro atoms. The molecule has 0 saturated carbocycles. The number of unbranched alkanes of at least 4 members (excludes halogenated alkanes) is 1. The van der Waals surface area contributed by atoms with Gasteiger partial charge < -0.3 is 16.0 Å². The second-order valence-electron chi connectivity index (χ2n) is 5.57. The summed E-state index contributed by atoms with van der Waals surface area (Å²) in [4.78, 5) is 16.5. The van der Waals surface area contributed by atoms with Crippen molar-refractivity contribution in [1.29, 1.82) is 0 Å². The van der Waals surface area contributed by atoms with E-state index in [9.17, 15) is 4.79 Å². The van der Waals surface area contributed by atoms with Gasteiger partial charge in [-0.15, -0.1) is 0 Å². The molecule has 1 aromatic heterocycles. The molecule has 0 aromatic carbocycles. The predicted octanol–water partition coefficient (Wildman–Crippen LogP) is 1.92. The topological polar surface area (TPSA) is 66.0 Å². The van der Waals surface area contributed by atoms with Crippen LogP contribution < -0.4 is 16.0 Å². The van der Waals surface area contributed by atoms with E-state index in [1.54, 1.807) is 6.20 Å². The Balaban J connectivity index is 1.58. The normalized spacial score (nSPS) is 21.2. The Morgan fingerprint density at radius 1 is 1.38 bits per heavy atom. The Kier molecular flexibility index (Phi) is 5.99. The summed E-state index contributed by atoms with van der Waals surface area (Å²) < 4.78 is 0. The van der Waals surface area contributed by atoms with Crippen LogP contribution in [-0.2, 0) is 4.79 Å². The molecule has 0 bridgehead atoms. The molecule has 1 amide bonds. The van der Waals surface area contributed by atoms with E-state index in [4.69, 9.17) is 0 Å². The summed E-state index contributed by atoms with van der Waals surface area (Å²) in [5, 5.41) is 9.70. The molecule has 1 aromatic rings. The summed E-state index contributed by atoms with van der Waals surface area (Å²) >= 11 is 0. The zero-order valence-electron chi connectivity index (χ0n) is 12.8. The lowest BCUT2D eigenvalue weighted by Gasteiger charge is -2.26. The molecule has 3 N–H and O–H groups in total. The van der Waals surface area contributed by atoms with Crippen molar-refractivity contribution in [3.05, 3.63) is 24.4 Å². The number of nitrogens with zero attached hydrogens (tertiary/aromatic N) is 1. The number of nitrogens with one attached hydrogen (secondary N) is 3. The number of anilines is 1. The average Bonchev–Trinajstić information content (AvgIpc) is 3.02. The number of hydrogen-bond acceptors (Lipinski definition) is 4. The van der Waals surface area contributed by atoms with E-state index in [0.29, 0.717) is 0 Å². The summed E-state index contributed by atoms with van der Waals surface area (Å²) in [5.74, 6) is 1.07. The van der Waals surface area contributed by atoms with Crippen LogP contribution in [0.15, 0.2) is 24.4 Å². The van der Waals surface area contributed by atoms with Crippen LogP contribution >= 0.6 is 0 Å². The van der Waals surface area contributed by atoms with Gasteiger partial charge in [-0.2, -0.15) is 0 Å². The third-order valence-electron chi connectivity index (χ3n) is 4.14. The molecule has 1 saturated heterocycles. The largest absolute Gasteiger partial charge is 0.370 e. The number of amides is 1. The van der Waals surface area contributed by atoms with E-state index in [0.717, 1.165) is 57.6 Å². The minimum absolute atomic E-state index is 0.167. The third kappa shape index (κ3) is 4.43. The standard InChI is InChI=1S/C16H26N4O/c1-2-16(9-7-13-20-16)15(21)19-12-6-5-11-18-14-8-3-4-10-17-14/h3-4,8,10,20H,2,5-7,9,11-13H2,1H3,(H,17,18)(H,19,21). The summed E-state index contributed by atoms with van der Waals surface area (Å²) in [5.41, 5.74) is -0.313. The van der Waals surface area contributed by atoms with E-state index in [-0.39, 0.29) is 11.4 Å². The zero-order valence-corrected chi connectivity index (χ0v) is 12.8. The highest BCUT2D eigenvalue weighted by molar-refractivity contribution is 5.86. The minimum atomic E-state index is -0.313. The molecule has 1 aliphatic heterocycles. The molecule has 1 fully saturated rings. The molecule has 2 rings (SSSR count). The van der Waals surface area contributed by atoms with E-state index in [1.165, 1.54) is 0 Å². The number of aromatic nitrogens is 1. The number of carbonyl (C=O) groups excluding carboxylic acids is 1. The quantitative estimate of drug-likeness (QED) is 0.640. The maximum absolute atomic E-state index is 12.3. The molecule has 1 aliphatic rings. The smallest absolute Gasteiger partial charge is 0.240 e.